The number of hydrogen-bond acceptors (Lipinski definition) is 8. The van der Waals surface area contributed by atoms with Crippen LogP contribution in [0.4, 0.5) is 5.82 Å². The molecule has 0 bridgehead atoms. The van der Waals surface area contributed by atoms with Gasteiger partial charge in [-0.2, -0.15) is 0 Å². The van der Waals surface area contributed by atoms with Crippen molar-refractivity contribution in [3.8, 4) is 11.5 Å². The summed E-state index contributed by atoms with van der Waals surface area (Å²) < 4.78 is 14.3. The van der Waals surface area contributed by atoms with Crippen molar-refractivity contribution in [2.75, 3.05) is 26.5 Å². The second-order valence-electron chi connectivity index (χ2n) is 6.79. The van der Waals surface area contributed by atoms with Crippen molar-refractivity contribution in [1.82, 2.24) is 24.8 Å². The average Bonchev–Trinajstić information content (AvgIpc) is 3.05. The van der Waals surface area contributed by atoms with E-state index in [-0.39, 0.29) is 0 Å². The molecule has 0 aliphatic heterocycles. The molecule has 0 spiro atoms. The number of anilines is 1. The summed E-state index contributed by atoms with van der Waals surface area (Å²) in [6.07, 6.45) is 2.45. The molecule has 3 rings (SSSR count). The van der Waals surface area contributed by atoms with Crippen LogP contribution in [0.15, 0.2) is 28.5 Å². The van der Waals surface area contributed by atoms with Crippen molar-refractivity contribution >= 4 is 57.6 Å². The van der Waals surface area contributed by atoms with Crippen molar-refractivity contribution in [3.05, 3.63) is 18.5 Å². The zero-order valence-corrected chi connectivity index (χ0v) is 22.4. The number of methoxy groups -OCH3 is 2. The van der Waals surface area contributed by atoms with Crippen molar-refractivity contribution in [3.63, 3.8) is 0 Å². The Labute approximate surface area is 190 Å². The number of aryl methyl sites for hydroxylation is 1. The molecule has 0 atom stereocenters. The monoisotopic (exact) mass is 606 g/mol. The van der Waals surface area contributed by atoms with Crippen LogP contribution in [-0.2, 0) is 6.54 Å². The molecule has 0 aliphatic carbocycles. The normalized spacial score (nSPS) is 11.3. The van der Waals surface area contributed by atoms with Crippen molar-refractivity contribution in [2.24, 2.45) is 0 Å². The van der Waals surface area contributed by atoms with Gasteiger partial charge in [-0.05, 0) is 0 Å². The molecule has 29 heavy (non-hydrogen) atoms. The predicted octanol–water partition coefficient (Wildman–Crippen LogP) is 1.76. The van der Waals surface area contributed by atoms with Crippen LogP contribution in [0.5, 0.6) is 11.5 Å². The van der Waals surface area contributed by atoms with Gasteiger partial charge >= 0.3 is 191 Å². The number of nitrogens with two attached hydrogens (primary N) is 1. The zero-order chi connectivity index (χ0) is 21.0. The van der Waals surface area contributed by atoms with Gasteiger partial charge in [0.25, 0.3) is 0 Å². The quantitative estimate of drug-likeness (QED) is 0.281. The van der Waals surface area contributed by atoms with E-state index in [0.29, 0.717) is 48.9 Å². The molecule has 1 aromatic carbocycles. The fraction of sp³-hybridized carbons (Fsp3) is 0.421. The summed E-state index contributed by atoms with van der Waals surface area (Å²) in [7, 11) is 3.30. The molecular weight excluding hydrogens is 581 g/mol. The average molecular weight is 606 g/mol. The summed E-state index contributed by atoms with van der Waals surface area (Å²) in [4.78, 5) is 14.4. The third-order valence-electron chi connectivity index (χ3n) is 4.35. The first kappa shape index (κ1) is 22.1. The van der Waals surface area contributed by atoms with Crippen LogP contribution in [0.2, 0.25) is 0 Å². The first-order chi connectivity index (χ1) is 13.9. The van der Waals surface area contributed by atoms with E-state index in [4.69, 9.17) is 20.2 Å². The van der Waals surface area contributed by atoms with E-state index < -0.39 is 0 Å². The van der Waals surface area contributed by atoms with Gasteiger partial charge in [-0.1, -0.05) is 0 Å². The van der Waals surface area contributed by atoms with Gasteiger partial charge in [-0.3, -0.25) is 0 Å². The Bertz CT molecular complexity index is 994. The van der Waals surface area contributed by atoms with Crippen molar-refractivity contribution < 1.29 is 9.47 Å². The molecule has 8 nitrogen and oxygen atoms in total. The number of hydrogen-bond donors (Lipinski definition) is 2. The first-order valence-corrected chi connectivity index (χ1v) is 12.4. The molecule has 2 aromatic heterocycles. The second-order valence-corrected chi connectivity index (χ2v) is 10.2. The van der Waals surface area contributed by atoms with E-state index >= 15 is 0 Å². The van der Waals surface area contributed by atoms with E-state index in [1.807, 2.05) is 12.1 Å². The molecule has 0 amide bonds. The van der Waals surface area contributed by atoms with Gasteiger partial charge in [0.2, 0.25) is 0 Å². The Kier molecular flexibility index (Phi) is 7.57. The van der Waals surface area contributed by atoms with Gasteiger partial charge in [0.05, 0.1) is 0 Å². The predicted molar refractivity (Wildman–Crippen MR) is 117 cm³/mol. The molecular formula is C19H25N6O2STl. The molecule has 0 aliphatic rings. The van der Waals surface area contributed by atoms with Crippen LogP contribution in [-0.4, -0.2) is 72.1 Å². The van der Waals surface area contributed by atoms with Crippen LogP contribution in [0, 0.1) is 0 Å². The Balaban J connectivity index is 1.96. The molecule has 3 N–H and O–H groups in total. The van der Waals surface area contributed by atoms with Crippen LogP contribution >= 0.6 is 11.8 Å². The van der Waals surface area contributed by atoms with E-state index in [9.17, 15) is 0 Å². The first-order valence-electron chi connectivity index (χ1n) is 9.34. The number of aromatic nitrogens is 4. The Hall–Kier alpha value is -1.60. The van der Waals surface area contributed by atoms with E-state index in [1.165, 1.54) is 9.45 Å². The van der Waals surface area contributed by atoms with E-state index in [1.54, 1.807) is 26.0 Å². The second kappa shape index (κ2) is 9.94. The summed E-state index contributed by atoms with van der Waals surface area (Å²) in [5.74, 6) is 1.86. The maximum absolute atomic E-state index is 6.06. The number of nitrogens with zero attached hydrogens (tertiary/aromatic N) is 4. The maximum atomic E-state index is 6.06. The number of benzene rings is 1. The molecule has 2 heterocycles. The molecule has 0 unspecified atom stereocenters. The number of nitrogen functional groups attached to an aromatic ring is 1. The summed E-state index contributed by atoms with van der Waals surface area (Å²) in [5.41, 5.74) is 7.47. The fourth-order valence-corrected chi connectivity index (χ4v) is 5.47. The van der Waals surface area contributed by atoms with Crippen LogP contribution in [0.1, 0.15) is 20.3 Å². The molecule has 10 heteroatoms. The summed E-state index contributed by atoms with van der Waals surface area (Å²) in [6.45, 7) is 6.01. The third kappa shape index (κ3) is 5.12. The van der Waals surface area contributed by atoms with Gasteiger partial charge < -0.3 is 0 Å². The molecule has 0 fully saturated rings. The standard InChI is InChI=1S/C19H25N6O2S.Tl/c1-12(2)21-8-5-9-25-18-16(17(20)22-11-23-18)24-19(25)28-13-6-7-14(26-3)15(10-13)27-4;/h7,10-12,21H,5,8-9H2,1-4H3,(H2,20,22,23);. The zero-order valence-electron chi connectivity index (χ0n) is 17.1. The molecule has 0 radical (unpaired) electrons. The molecule has 0 saturated heterocycles. The van der Waals surface area contributed by atoms with Crippen molar-refractivity contribution in [2.45, 2.75) is 42.9 Å². The Morgan fingerprint density at radius 3 is 2.62 bits per heavy atom. The van der Waals surface area contributed by atoms with Gasteiger partial charge in [-0.25, -0.2) is 0 Å². The van der Waals surface area contributed by atoms with Gasteiger partial charge in [0.1, 0.15) is 0 Å². The minimum absolute atomic E-state index is 0.399. The number of imidazole rings is 1. The number of fused-ring (bicyclic) bond motifs is 1. The van der Waals surface area contributed by atoms with Gasteiger partial charge in [0.15, 0.2) is 0 Å². The Morgan fingerprint density at radius 2 is 1.93 bits per heavy atom. The number of ether oxygens (including phenoxy) is 2. The molecule has 152 valence electrons. The summed E-state index contributed by atoms with van der Waals surface area (Å²) in [6, 6.07) is 4.51. The topological polar surface area (TPSA) is 100 Å². The fourth-order valence-electron chi connectivity index (χ4n) is 2.90. The van der Waals surface area contributed by atoms with E-state index in [2.05, 4.69) is 33.7 Å². The summed E-state index contributed by atoms with van der Waals surface area (Å²) >= 11 is 2.24. The Morgan fingerprint density at radius 1 is 1.21 bits per heavy atom. The van der Waals surface area contributed by atoms with Crippen LogP contribution in [0.25, 0.3) is 11.2 Å². The number of rotatable bonds is 9. The van der Waals surface area contributed by atoms with Crippen LogP contribution < -0.4 is 23.6 Å². The number of nitrogens with one attached hydrogen (secondary N) is 1. The van der Waals surface area contributed by atoms with Crippen LogP contribution in [0.3, 0.4) is 0 Å². The SMILES string of the molecule is COc1c[c]([Tl])c(Sc2nc3c(N)ncnc3n2CCCNC(C)C)cc1OC. The van der Waals surface area contributed by atoms with Crippen molar-refractivity contribution in [1.29, 1.82) is 0 Å². The molecule has 3 aromatic rings. The minimum atomic E-state index is 0.399. The third-order valence-corrected chi connectivity index (χ3v) is 8.09. The van der Waals surface area contributed by atoms with Gasteiger partial charge in [0, 0.05) is 0 Å². The van der Waals surface area contributed by atoms with Gasteiger partial charge in [-0.15, -0.1) is 0 Å². The molecule has 0 saturated carbocycles. The summed E-state index contributed by atoms with van der Waals surface area (Å²) in [5, 5.41) is 4.30. The van der Waals surface area contributed by atoms with E-state index in [0.717, 1.165) is 41.0 Å².